The van der Waals surface area contributed by atoms with Gasteiger partial charge in [-0.1, -0.05) is 15.9 Å². The van der Waals surface area contributed by atoms with E-state index in [9.17, 15) is 18.3 Å². The molecule has 0 saturated carbocycles. The predicted molar refractivity (Wildman–Crippen MR) is 72.8 cm³/mol. The van der Waals surface area contributed by atoms with Gasteiger partial charge in [0, 0.05) is 17.6 Å². The zero-order valence-corrected chi connectivity index (χ0v) is 12.4. The van der Waals surface area contributed by atoms with Crippen LogP contribution in [-0.2, 0) is 10.9 Å². The van der Waals surface area contributed by atoms with E-state index < -0.39 is 17.8 Å². The number of aliphatic hydroxyl groups is 1. The Hall–Kier alpha value is -0.790. The summed E-state index contributed by atoms with van der Waals surface area (Å²) in [4.78, 5) is 1.61. The zero-order valence-electron chi connectivity index (χ0n) is 10.8. The van der Waals surface area contributed by atoms with E-state index in [1.54, 1.807) is 11.8 Å². The summed E-state index contributed by atoms with van der Waals surface area (Å²) in [6.07, 6.45) is -5.12. The standard InChI is InChI=1S/C13H15BrF3NO2/c1-8-5-18(6-10(7-19)20-8)12-4-9(14)2-3-11(12)13(15,16)17/h2-4,8,10,19H,5-7H2,1H3. The van der Waals surface area contributed by atoms with Crippen molar-refractivity contribution in [2.45, 2.75) is 25.3 Å². The van der Waals surface area contributed by atoms with Crippen molar-refractivity contribution in [3.8, 4) is 0 Å². The fourth-order valence-corrected chi connectivity index (χ4v) is 2.70. The van der Waals surface area contributed by atoms with Gasteiger partial charge in [0.15, 0.2) is 0 Å². The zero-order chi connectivity index (χ0) is 14.9. The van der Waals surface area contributed by atoms with Crippen LogP contribution in [0.4, 0.5) is 18.9 Å². The van der Waals surface area contributed by atoms with Crippen LogP contribution in [0.5, 0.6) is 0 Å². The van der Waals surface area contributed by atoms with Gasteiger partial charge >= 0.3 is 6.18 Å². The summed E-state index contributed by atoms with van der Waals surface area (Å²) in [7, 11) is 0. The molecule has 7 heteroatoms. The van der Waals surface area contributed by atoms with Crippen molar-refractivity contribution in [1.29, 1.82) is 0 Å². The number of alkyl halides is 3. The average molecular weight is 354 g/mol. The fourth-order valence-electron chi connectivity index (χ4n) is 2.35. The Labute approximate surface area is 123 Å². The average Bonchev–Trinajstić information content (AvgIpc) is 2.36. The molecule has 1 saturated heterocycles. The highest BCUT2D eigenvalue weighted by Crippen LogP contribution is 2.38. The third-order valence-electron chi connectivity index (χ3n) is 3.14. The number of nitrogens with zero attached hydrogens (tertiary/aromatic N) is 1. The number of aliphatic hydroxyl groups excluding tert-OH is 1. The van der Waals surface area contributed by atoms with E-state index in [0.717, 1.165) is 6.07 Å². The number of ether oxygens (including phenoxy) is 1. The van der Waals surface area contributed by atoms with Crippen LogP contribution in [0.2, 0.25) is 0 Å². The lowest BCUT2D eigenvalue weighted by Gasteiger charge is -2.38. The van der Waals surface area contributed by atoms with Crippen molar-refractivity contribution in [2.24, 2.45) is 0 Å². The highest BCUT2D eigenvalue weighted by Gasteiger charge is 2.36. The topological polar surface area (TPSA) is 32.7 Å². The SMILES string of the molecule is CC1CN(c2cc(Br)ccc2C(F)(F)F)CC(CO)O1. The molecule has 0 aromatic heterocycles. The van der Waals surface area contributed by atoms with Crippen LogP contribution in [0.25, 0.3) is 0 Å². The summed E-state index contributed by atoms with van der Waals surface area (Å²) in [5.41, 5.74) is -0.563. The maximum absolute atomic E-state index is 13.1. The minimum atomic E-state index is -4.41. The molecule has 1 fully saturated rings. The van der Waals surface area contributed by atoms with Gasteiger partial charge in [-0.3, -0.25) is 0 Å². The molecule has 2 unspecified atom stereocenters. The molecule has 0 spiro atoms. The van der Waals surface area contributed by atoms with Crippen LogP contribution in [0.15, 0.2) is 22.7 Å². The first-order valence-electron chi connectivity index (χ1n) is 6.19. The Balaban J connectivity index is 2.38. The van der Waals surface area contributed by atoms with Gasteiger partial charge in [-0.05, 0) is 25.1 Å². The monoisotopic (exact) mass is 353 g/mol. The molecule has 20 heavy (non-hydrogen) atoms. The van der Waals surface area contributed by atoms with E-state index in [0.29, 0.717) is 11.0 Å². The lowest BCUT2D eigenvalue weighted by Crippen LogP contribution is -2.48. The number of rotatable bonds is 2. The van der Waals surface area contributed by atoms with E-state index in [-0.39, 0.29) is 24.9 Å². The fraction of sp³-hybridized carbons (Fsp3) is 0.538. The Bertz CT molecular complexity index is 481. The first kappa shape index (κ1) is 15.6. The lowest BCUT2D eigenvalue weighted by atomic mass is 10.1. The summed E-state index contributed by atoms with van der Waals surface area (Å²) in [6, 6.07) is 3.89. The van der Waals surface area contributed by atoms with Crippen LogP contribution < -0.4 is 4.90 Å². The van der Waals surface area contributed by atoms with Crippen molar-refractivity contribution in [2.75, 3.05) is 24.6 Å². The number of hydrogen-bond acceptors (Lipinski definition) is 3. The highest BCUT2D eigenvalue weighted by atomic mass is 79.9. The Morgan fingerprint density at radius 1 is 1.40 bits per heavy atom. The molecule has 1 aliphatic rings. The Morgan fingerprint density at radius 3 is 2.70 bits per heavy atom. The molecule has 0 radical (unpaired) electrons. The van der Waals surface area contributed by atoms with E-state index >= 15 is 0 Å². The smallest absolute Gasteiger partial charge is 0.394 e. The molecule has 1 aliphatic heterocycles. The number of anilines is 1. The van der Waals surface area contributed by atoms with E-state index in [2.05, 4.69) is 15.9 Å². The van der Waals surface area contributed by atoms with Gasteiger partial charge in [0.1, 0.15) is 0 Å². The first-order valence-corrected chi connectivity index (χ1v) is 6.98. The van der Waals surface area contributed by atoms with Gasteiger partial charge in [-0.15, -0.1) is 0 Å². The molecule has 2 atom stereocenters. The molecular formula is C13H15BrF3NO2. The minimum absolute atomic E-state index is 0.112. The van der Waals surface area contributed by atoms with Crippen LogP contribution in [-0.4, -0.2) is 37.0 Å². The van der Waals surface area contributed by atoms with Gasteiger partial charge in [0.25, 0.3) is 0 Å². The van der Waals surface area contributed by atoms with Crippen molar-refractivity contribution in [1.82, 2.24) is 0 Å². The summed E-state index contributed by atoms with van der Waals surface area (Å²) >= 11 is 3.20. The van der Waals surface area contributed by atoms with E-state index in [1.165, 1.54) is 12.1 Å². The number of hydrogen-bond donors (Lipinski definition) is 1. The van der Waals surface area contributed by atoms with Crippen molar-refractivity contribution in [3.63, 3.8) is 0 Å². The van der Waals surface area contributed by atoms with Crippen LogP contribution in [0, 0.1) is 0 Å². The molecule has 0 aliphatic carbocycles. The molecule has 0 bridgehead atoms. The normalized spacial score (nSPS) is 24.0. The molecule has 1 N–H and O–H groups in total. The third kappa shape index (κ3) is 3.45. The maximum atomic E-state index is 13.1. The van der Waals surface area contributed by atoms with Gasteiger partial charge in [-0.2, -0.15) is 13.2 Å². The molecule has 3 nitrogen and oxygen atoms in total. The van der Waals surface area contributed by atoms with E-state index in [4.69, 9.17) is 4.74 Å². The third-order valence-corrected chi connectivity index (χ3v) is 3.63. The van der Waals surface area contributed by atoms with Gasteiger partial charge in [-0.25, -0.2) is 0 Å². The number of benzene rings is 1. The highest BCUT2D eigenvalue weighted by molar-refractivity contribution is 9.10. The second-order valence-electron chi connectivity index (χ2n) is 4.82. The molecule has 0 amide bonds. The molecule has 112 valence electrons. The van der Waals surface area contributed by atoms with Gasteiger partial charge in [0.2, 0.25) is 0 Å². The second kappa shape index (κ2) is 5.91. The number of halogens is 4. The summed E-state index contributed by atoms with van der Waals surface area (Å²) < 4.78 is 45.3. The molecular weight excluding hydrogens is 339 g/mol. The predicted octanol–water partition coefficient (Wildman–Crippen LogP) is 3.05. The van der Waals surface area contributed by atoms with Crippen LogP contribution >= 0.6 is 15.9 Å². The van der Waals surface area contributed by atoms with E-state index in [1.807, 2.05) is 0 Å². The molecule has 1 aromatic carbocycles. The lowest BCUT2D eigenvalue weighted by molar-refractivity contribution is -0.137. The Morgan fingerprint density at radius 2 is 2.10 bits per heavy atom. The summed E-state index contributed by atoms with van der Waals surface area (Å²) in [5.74, 6) is 0. The van der Waals surface area contributed by atoms with Gasteiger partial charge in [0.05, 0.1) is 30.1 Å². The van der Waals surface area contributed by atoms with Crippen molar-refractivity contribution >= 4 is 21.6 Å². The van der Waals surface area contributed by atoms with Gasteiger partial charge < -0.3 is 14.7 Å². The first-order chi connectivity index (χ1) is 9.31. The van der Waals surface area contributed by atoms with Crippen molar-refractivity contribution in [3.05, 3.63) is 28.2 Å². The number of morpholine rings is 1. The van der Waals surface area contributed by atoms with Crippen LogP contribution in [0.1, 0.15) is 12.5 Å². The molecule has 2 rings (SSSR count). The molecule has 1 heterocycles. The minimum Gasteiger partial charge on any atom is -0.394 e. The Kier molecular flexibility index (Phi) is 4.61. The summed E-state index contributed by atoms with van der Waals surface area (Å²) in [5, 5.41) is 9.17. The largest absolute Gasteiger partial charge is 0.418 e. The van der Waals surface area contributed by atoms with Crippen molar-refractivity contribution < 1.29 is 23.0 Å². The summed E-state index contributed by atoms with van der Waals surface area (Å²) in [6.45, 7) is 2.16. The molecule has 1 aromatic rings. The van der Waals surface area contributed by atoms with Crippen LogP contribution in [0.3, 0.4) is 0 Å². The maximum Gasteiger partial charge on any atom is 0.418 e. The second-order valence-corrected chi connectivity index (χ2v) is 5.73. The quantitative estimate of drug-likeness (QED) is 0.886.